The molecule has 0 fully saturated rings. The van der Waals surface area contributed by atoms with E-state index < -0.39 is 23.5 Å². The van der Waals surface area contributed by atoms with E-state index >= 15 is 0 Å². The van der Waals surface area contributed by atoms with Crippen LogP contribution < -0.4 is 28.4 Å². The molecule has 16 heteroatoms. The SMILES string of the molecule is COc1cc2c(cc1OC)C(OC(=O)/C=C\C(=O)OC1(Oc3ccc(Cl)c(Cl)c3)CN(C)CCc3cc(OC)c(OC)cc31)(Oc1ccc(Cl)c(Cl)c1)CN(C)CC2. The molecule has 12 nitrogen and oxygen atoms in total. The number of benzene rings is 4. The Balaban J connectivity index is 1.39. The van der Waals surface area contributed by atoms with Crippen molar-refractivity contribution in [3.63, 3.8) is 0 Å². The number of fused-ring (bicyclic) bond motifs is 2. The molecule has 2 aliphatic rings. The van der Waals surface area contributed by atoms with E-state index in [9.17, 15) is 9.59 Å². The van der Waals surface area contributed by atoms with Gasteiger partial charge in [0.05, 0.1) is 61.6 Å². The van der Waals surface area contributed by atoms with Gasteiger partial charge in [0.1, 0.15) is 11.5 Å². The minimum Gasteiger partial charge on any atom is -0.493 e. The van der Waals surface area contributed by atoms with E-state index in [2.05, 4.69) is 0 Å². The van der Waals surface area contributed by atoms with Crippen LogP contribution in [-0.4, -0.2) is 90.5 Å². The highest BCUT2D eigenvalue weighted by molar-refractivity contribution is 6.42. The van der Waals surface area contributed by atoms with Crippen molar-refractivity contribution in [2.24, 2.45) is 0 Å². The lowest BCUT2D eigenvalue weighted by Gasteiger charge is -2.36. The smallest absolute Gasteiger partial charge is 0.334 e. The average Bonchev–Trinajstić information content (AvgIpc) is 3.41. The van der Waals surface area contributed by atoms with E-state index in [0.29, 0.717) is 70.1 Å². The van der Waals surface area contributed by atoms with Crippen LogP contribution in [0.4, 0.5) is 0 Å². The van der Waals surface area contributed by atoms with Gasteiger partial charge in [-0.15, -0.1) is 0 Å². The number of likely N-dealkylation sites (N-methyl/N-ethyl adjacent to an activating group) is 2. The lowest BCUT2D eigenvalue weighted by Crippen LogP contribution is -2.47. The molecule has 0 saturated heterocycles. The van der Waals surface area contributed by atoms with Crippen molar-refractivity contribution in [3.8, 4) is 34.5 Å². The number of ether oxygens (including phenoxy) is 8. The molecule has 0 saturated carbocycles. The fraction of sp³-hybridized carbons (Fsp3) is 0.333. The molecule has 6 rings (SSSR count). The van der Waals surface area contributed by atoms with Gasteiger partial charge in [0.2, 0.25) is 0 Å². The molecule has 4 aromatic rings. The Morgan fingerprint density at radius 2 is 0.914 bits per heavy atom. The summed E-state index contributed by atoms with van der Waals surface area (Å²) in [5.41, 5.74) is 2.56. The maximum absolute atomic E-state index is 14.0. The molecule has 2 heterocycles. The Bertz CT molecular complexity index is 2070. The summed E-state index contributed by atoms with van der Waals surface area (Å²) in [5.74, 6) is -3.11. The van der Waals surface area contributed by atoms with Gasteiger partial charge in [0, 0.05) is 48.5 Å². The van der Waals surface area contributed by atoms with Gasteiger partial charge in [0.25, 0.3) is 11.6 Å². The minimum absolute atomic E-state index is 0.0781. The Hall–Kier alpha value is -4.56. The number of rotatable bonds is 12. The molecule has 2 aliphatic heterocycles. The van der Waals surface area contributed by atoms with Crippen LogP contribution in [0.15, 0.2) is 72.8 Å². The first-order valence-electron chi connectivity index (χ1n) is 18.0. The molecule has 0 bridgehead atoms. The molecule has 0 N–H and O–H groups in total. The maximum Gasteiger partial charge on any atom is 0.334 e. The monoisotopic (exact) mass is 874 g/mol. The van der Waals surface area contributed by atoms with Gasteiger partial charge in [-0.25, -0.2) is 9.59 Å². The van der Waals surface area contributed by atoms with Crippen molar-refractivity contribution in [2.45, 2.75) is 24.4 Å². The Labute approximate surface area is 356 Å². The number of carbonyl (C=O) groups excluding carboxylic acids is 2. The van der Waals surface area contributed by atoms with Crippen molar-refractivity contribution in [1.82, 2.24) is 9.80 Å². The number of halogens is 4. The maximum atomic E-state index is 14.0. The van der Waals surface area contributed by atoms with E-state index in [1.807, 2.05) is 36.0 Å². The fourth-order valence-electron chi connectivity index (χ4n) is 7.01. The standard InChI is InChI=1S/C42H42Cl4N2O10/c1-47-15-13-25-17-35(51-3)37(53-5)21-29(25)41(23-47,55-27-7-9-31(43)33(45)19-27)57-39(49)11-12-40(50)58-42(56-28-8-10-32(44)34(46)20-28)24-48(2)16-14-26-18-36(52-4)38(54-6)22-30(26)42/h7-12,17-22H,13-16,23-24H2,1-6H3/b12-11-. The van der Waals surface area contributed by atoms with Crippen molar-refractivity contribution < 1.29 is 47.5 Å². The summed E-state index contributed by atoms with van der Waals surface area (Å²) in [7, 11) is 9.82. The quantitative estimate of drug-likeness (QED) is 0.0779. The summed E-state index contributed by atoms with van der Waals surface area (Å²) in [6, 6.07) is 16.5. The molecular formula is C42H42Cl4N2O10. The fourth-order valence-corrected chi connectivity index (χ4v) is 7.58. The highest BCUT2D eigenvalue weighted by Gasteiger charge is 2.46. The molecule has 0 aliphatic carbocycles. The van der Waals surface area contributed by atoms with E-state index in [1.165, 1.54) is 40.6 Å². The normalized spacial score (nSPS) is 19.6. The number of carbonyl (C=O) groups is 2. The first-order chi connectivity index (χ1) is 27.7. The third-order valence-corrected chi connectivity index (χ3v) is 11.2. The Morgan fingerprint density at radius 3 is 1.26 bits per heavy atom. The zero-order valence-corrected chi connectivity index (χ0v) is 35.7. The molecule has 0 spiro atoms. The van der Waals surface area contributed by atoms with Crippen LogP contribution in [0.1, 0.15) is 22.3 Å². The number of hydrogen-bond acceptors (Lipinski definition) is 12. The summed E-state index contributed by atoms with van der Waals surface area (Å²) >= 11 is 25.2. The predicted molar refractivity (Wildman–Crippen MR) is 220 cm³/mol. The second-order valence-electron chi connectivity index (χ2n) is 13.7. The number of esters is 2. The minimum atomic E-state index is -1.78. The Kier molecular flexibility index (Phi) is 13.5. The molecule has 2 atom stereocenters. The molecule has 0 amide bonds. The largest absolute Gasteiger partial charge is 0.493 e. The van der Waals surface area contributed by atoms with Gasteiger partial charge in [-0.05, 0) is 86.6 Å². The van der Waals surface area contributed by atoms with Crippen LogP contribution >= 0.6 is 46.4 Å². The van der Waals surface area contributed by atoms with E-state index in [0.717, 1.165) is 23.3 Å². The van der Waals surface area contributed by atoms with E-state index in [-0.39, 0.29) is 34.6 Å². The molecule has 58 heavy (non-hydrogen) atoms. The summed E-state index contributed by atoms with van der Waals surface area (Å²) in [6.45, 7) is 1.33. The first-order valence-corrected chi connectivity index (χ1v) is 19.5. The molecule has 4 aromatic carbocycles. The molecule has 0 radical (unpaired) electrons. The van der Waals surface area contributed by atoms with Gasteiger partial charge in [0.15, 0.2) is 23.0 Å². The zero-order valence-electron chi connectivity index (χ0n) is 32.7. The summed E-state index contributed by atoms with van der Waals surface area (Å²) in [6.07, 6.45) is 3.06. The van der Waals surface area contributed by atoms with Crippen LogP contribution in [0.2, 0.25) is 20.1 Å². The van der Waals surface area contributed by atoms with Crippen molar-refractivity contribution in [1.29, 1.82) is 0 Å². The highest BCUT2D eigenvalue weighted by Crippen LogP contribution is 2.44. The number of hydrogen-bond donors (Lipinski definition) is 0. The summed E-state index contributed by atoms with van der Waals surface area (Å²) < 4.78 is 48.2. The first kappa shape index (κ1) is 43.0. The van der Waals surface area contributed by atoms with Gasteiger partial charge < -0.3 is 37.9 Å². The number of nitrogens with zero attached hydrogens (tertiary/aromatic N) is 2. The number of methoxy groups -OCH3 is 4. The van der Waals surface area contributed by atoms with Gasteiger partial charge in [-0.2, -0.15) is 0 Å². The lowest BCUT2D eigenvalue weighted by molar-refractivity contribution is -0.205. The third kappa shape index (κ3) is 9.33. The molecule has 2 unspecified atom stereocenters. The second-order valence-corrected chi connectivity index (χ2v) is 15.4. The Morgan fingerprint density at radius 1 is 0.552 bits per heavy atom. The van der Waals surface area contributed by atoms with E-state index in [4.69, 9.17) is 84.3 Å². The van der Waals surface area contributed by atoms with Crippen LogP contribution in [0.5, 0.6) is 34.5 Å². The van der Waals surface area contributed by atoms with Crippen LogP contribution in [-0.2, 0) is 43.5 Å². The zero-order chi connectivity index (χ0) is 41.8. The van der Waals surface area contributed by atoms with Crippen molar-refractivity contribution in [3.05, 3.63) is 115 Å². The molecular weight excluding hydrogens is 834 g/mol. The van der Waals surface area contributed by atoms with Crippen LogP contribution in [0.25, 0.3) is 0 Å². The highest BCUT2D eigenvalue weighted by atomic mass is 35.5. The van der Waals surface area contributed by atoms with Crippen LogP contribution in [0, 0.1) is 0 Å². The van der Waals surface area contributed by atoms with Gasteiger partial charge in [-0.3, -0.25) is 9.80 Å². The van der Waals surface area contributed by atoms with Gasteiger partial charge >= 0.3 is 11.9 Å². The predicted octanol–water partition coefficient (Wildman–Crippen LogP) is 8.12. The van der Waals surface area contributed by atoms with Gasteiger partial charge in [-0.1, -0.05) is 46.4 Å². The summed E-state index contributed by atoms with van der Waals surface area (Å²) in [5, 5.41) is 1.09. The average molecular weight is 877 g/mol. The van der Waals surface area contributed by atoms with Crippen molar-refractivity contribution >= 4 is 58.3 Å². The molecule has 0 aromatic heterocycles. The van der Waals surface area contributed by atoms with E-state index in [1.54, 1.807) is 36.4 Å². The summed E-state index contributed by atoms with van der Waals surface area (Å²) in [4.78, 5) is 31.9. The third-order valence-electron chi connectivity index (χ3n) is 9.76. The lowest BCUT2D eigenvalue weighted by atomic mass is 9.97. The molecule has 308 valence electrons. The van der Waals surface area contributed by atoms with Crippen LogP contribution in [0.3, 0.4) is 0 Å². The van der Waals surface area contributed by atoms with Crippen molar-refractivity contribution in [2.75, 3.05) is 68.7 Å². The second kappa shape index (κ2) is 18.1. The topological polar surface area (TPSA) is 114 Å².